The van der Waals surface area contributed by atoms with Crippen molar-refractivity contribution in [1.29, 1.82) is 0 Å². The lowest BCUT2D eigenvalue weighted by molar-refractivity contribution is -0.123. The summed E-state index contributed by atoms with van der Waals surface area (Å²) in [6.45, 7) is 1.24. The van der Waals surface area contributed by atoms with Gasteiger partial charge in [-0.3, -0.25) is 14.9 Å². The molecule has 3 rings (SSSR count). The van der Waals surface area contributed by atoms with Crippen LogP contribution in [0.4, 0.5) is 0 Å². The Balaban J connectivity index is 1.63. The molecular formula is C20H16N2O4S. The number of carbonyl (C=O) groups excluding carboxylic acids is 3. The first kappa shape index (κ1) is 18.5. The van der Waals surface area contributed by atoms with E-state index in [1.807, 2.05) is 30.3 Å². The van der Waals surface area contributed by atoms with E-state index < -0.39 is 24.4 Å². The average Bonchev–Trinajstić information content (AvgIpc) is 3.09. The van der Waals surface area contributed by atoms with Crippen molar-refractivity contribution in [2.75, 3.05) is 6.61 Å². The number of thiazole rings is 1. The summed E-state index contributed by atoms with van der Waals surface area (Å²) in [6, 6.07) is 17.6. The first-order chi connectivity index (χ1) is 13.0. The van der Waals surface area contributed by atoms with Gasteiger partial charge in [0.05, 0.1) is 10.7 Å². The highest BCUT2D eigenvalue weighted by molar-refractivity contribution is 7.14. The van der Waals surface area contributed by atoms with Gasteiger partial charge in [-0.15, -0.1) is 11.3 Å². The number of carbonyl (C=O) groups is 3. The second-order valence-corrected chi connectivity index (χ2v) is 6.80. The van der Waals surface area contributed by atoms with Crippen molar-refractivity contribution in [3.05, 3.63) is 76.1 Å². The Hall–Kier alpha value is -3.32. The number of esters is 1. The minimum atomic E-state index is -0.695. The maximum absolute atomic E-state index is 12.4. The Morgan fingerprint density at radius 1 is 1.00 bits per heavy atom. The summed E-state index contributed by atoms with van der Waals surface area (Å²) in [4.78, 5) is 40.9. The summed E-state index contributed by atoms with van der Waals surface area (Å²) in [7, 11) is 0. The zero-order chi connectivity index (χ0) is 19.2. The van der Waals surface area contributed by atoms with Crippen LogP contribution in [0.25, 0.3) is 11.3 Å². The van der Waals surface area contributed by atoms with Gasteiger partial charge < -0.3 is 4.74 Å². The van der Waals surface area contributed by atoms with E-state index in [9.17, 15) is 14.4 Å². The van der Waals surface area contributed by atoms with Crippen molar-refractivity contribution in [2.45, 2.75) is 6.92 Å². The third kappa shape index (κ3) is 4.65. The fraction of sp³-hybridized carbons (Fsp3) is 0.100. The molecule has 0 bridgehead atoms. The van der Waals surface area contributed by atoms with E-state index in [-0.39, 0.29) is 0 Å². The van der Waals surface area contributed by atoms with Gasteiger partial charge in [0.25, 0.3) is 11.8 Å². The van der Waals surface area contributed by atoms with E-state index in [4.69, 9.17) is 4.74 Å². The van der Waals surface area contributed by atoms with Crippen molar-refractivity contribution in [1.82, 2.24) is 10.3 Å². The predicted octanol–water partition coefficient (Wildman–Crippen LogP) is 3.23. The van der Waals surface area contributed by atoms with E-state index in [0.29, 0.717) is 21.1 Å². The van der Waals surface area contributed by atoms with Crippen molar-refractivity contribution >= 4 is 29.1 Å². The molecule has 0 unspecified atom stereocenters. The Morgan fingerprint density at radius 2 is 1.63 bits per heavy atom. The third-order valence-corrected chi connectivity index (χ3v) is 4.54. The Kier molecular flexibility index (Phi) is 5.73. The molecule has 0 saturated heterocycles. The van der Waals surface area contributed by atoms with Crippen LogP contribution in [0.1, 0.15) is 25.0 Å². The number of hydrogen-bond acceptors (Lipinski definition) is 6. The lowest BCUT2D eigenvalue weighted by Crippen LogP contribution is -2.34. The Bertz CT molecular complexity index is 968. The molecule has 0 atom stereocenters. The number of hydrogen-bond donors (Lipinski definition) is 1. The summed E-state index contributed by atoms with van der Waals surface area (Å²) in [5.74, 6) is -1.89. The zero-order valence-electron chi connectivity index (χ0n) is 14.5. The van der Waals surface area contributed by atoms with Gasteiger partial charge in [-0.2, -0.15) is 0 Å². The molecule has 7 heteroatoms. The van der Waals surface area contributed by atoms with Crippen LogP contribution in [0.3, 0.4) is 0 Å². The van der Waals surface area contributed by atoms with Gasteiger partial charge in [-0.1, -0.05) is 48.5 Å². The van der Waals surface area contributed by atoms with Gasteiger partial charge in [0, 0.05) is 11.1 Å². The Morgan fingerprint density at radius 3 is 2.30 bits per heavy atom. The smallest absolute Gasteiger partial charge is 0.351 e. The molecule has 0 aliphatic carbocycles. The van der Waals surface area contributed by atoms with Crippen LogP contribution in [0.5, 0.6) is 0 Å². The van der Waals surface area contributed by atoms with Gasteiger partial charge in [0.2, 0.25) is 0 Å². The minimum absolute atomic E-state index is 0.320. The molecule has 136 valence electrons. The average molecular weight is 380 g/mol. The molecule has 0 fully saturated rings. The molecule has 1 heterocycles. The van der Waals surface area contributed by atoms with E-state index >= 15 is 0 Å². The summed E-state index contributed by atoms with van der Waals surface area (Å²) >= 11 is 1.20. The number of rotatable bonds is 5. The largest absolute Gasteiger partial charge is 0.451 e. The van der Waals surface area contributed by atoms with Crippen LogP contribution < -0.4 is 5.32 Å². The van der Waals surface area contributed by atoms with Crippen LogP contribution in [-0.2, 0) is 9.53 Å². The van der Waals surface area contributed by atoms with Crippen LogP contribution in [0.15, 0.2) is 60.7 Å². The van der Waals surface area contributed by atoms with Crippen molar-refractivity contribution < 1.29 is 19.1 Å². The van der Waals surface area contributed by atoms with Crippen LogP contribution in [0, 0.1) is 6.92 Å². The van der Waals surface area contributed by atoms with Crippen LogP contribution in [0.2, 0.25) is 0 Å². The van der Waals surface area contributed by atoms with Gasteiger partial charge in [0.15, 0.2) is 6.61 Å². The highest BCUT2D eigenvalue weighted by Crippen LogP contribution is 2.28. The lowest BCUT2D eigenvalue weighted by atomic mass is 10.1. The molecule has 1 N–H and O–H groups in total. The molecule has 0 aliphatic rings. The van der Waals surface area contributed by atoms with Gasteiger partial charge >= 0.3 is 5.97 Å². The number of benzene rings is 2. The number of imide groups is 1. The topological polar surface area (TPSA) is 85.4 Å². The quantitative estimate of drug-likeness (QED) is 0.687. The van der Waals surface area contributed by atoms with E-state index in [2.05, 4.69) is 10.3 Å². The highest BCUT2D eigenvalue weighted by Gasteiger charge is 2.21. The molecule has 0 radical (unpaired) electrons. The summed E-state index contributed by atoms with van der Waals surface area (Å²) in [5.41, 5.74) is 1.66. The lowest BCUT2D eigenvalue weighted by Gasteiger charge is -2.06. The number of amides is 2. The first-order valence-corrected chi connectivity index (χ1v) is 8.95. The first-order valence-electron chi connectivity index (χ1n) is 8.14. The standard InChI is InChI=1S/C20H16N2O4S/c1-13-21-17(14-8-4-2-5-9-14)18(27-13)20(25)26-12-16(23)22-19(24)15-10-6-3-7-11-15/h2-11H,12H2,1H3,(H,22,23,24). The van der Waals surface area contributed by atoms with Crippen molar-refractivity contribution in [3.8, 4) is 11.3 Å². The minimum Gasteiger partial charge on any atom is -0.451 e. The number of aromatic nitrogens is 1. The normalized spacial score (nSPS) is 10.3. The van der Waals surface area contributed by atoms with E-state index in [0.717, 1.165) is 5.56 Å². The number of ether oxygens (including phenoxy) is 1. The van der Waals surface area contributed by atoms with Gasteiger partial charge in [-0.05, 0) is 19.1 Å². The zero-order valence-corrected chi connectivity index (χ0v) is 15.3. The van der Waals surface area contributed by atoms with E-state index in [1.165, 1.54) is 11.3 Å². The van der Waals surface area contributed by atoms with E-state index in [1.54, 1.807) is 37.3 Å². The summed E-state index contributed by atoms with van der Waals surface area (Å²) < 4.78 is 5.07. The monoisotopic (exact) mass is 380 g/mol. The molecule has 0 saturated carbocycles. The SMILES string of the molecule is Cc1nc(-c2ccccc2)c(C(=O)OCC(=O)NC(=O)c2ccccc2)s1. The van der Waals surface area contributed by atoms with Crippen molar-refractivity contribution in [3.63, 3.8) is 0 Å². The molecular weight excluding hydrogens is 364 g/mol. The van der Waals surface area contributed by atoms with Gasteiger partial charge in [0.1, 0.15) is 4.88 Å². The molecule has 27 heavy (non-hydrogen) atoms. The summed E-state index contributed by atoms with van der Waals surface area (Å²) in [6.07, 6.45) is 0. The molecule has 2 amide bonds. The molecule has 2 aromatic carbocycles. The fourth-order valence-corrected chi connectivity index (χ4v) is 3.21. The maximum Gasteiger partial charge on any atom is 0.351 e. The molecule has 0 aliphatic heterocycles. The second-order valence-electron chi connectivity index (χ2n) is 5.60. The molecule has 3 aromatic rings. The van der Waals surface area contributed by atoms with Gasteiger partial charge in [-0.25, -0.2) is 9.78 Å². The van der Waals surface area contributed by atoms with Crippen LogP contribution >= 0.6 is 11.3 Å². The molecule has 0 spiro atoms. The third-order valence-electron chi connectivity index (χ3n) is 3.59. The molecule has 1 aromatic heterocycles. The predicted molar refractivity (Wildman–Crippen MR) is 101 cm³/mol. The second kappa shape index (κ2) is 8.37. The summed E-state index contributed by atoms with van der Waals surface area (Å²) in [5, 5.41) is 2.90. The number of nitrogens with zero attached hydrogens (tertiary/aromatic N) is 1. The Labute approximate surface area is 159 Å². The highest BCUT2D eigenvalue weighted by atomic mass is 32.1. The van der Waals surface area contributed by atoms with Crippen LogP contribution in [-0.4, -0.2) is 29.4 Å². The maximum atomic E-state index is 12.4. The number of aryl methyl sites for hydroxylation is 1. The van der Waals surface area contributed by atoms with Crippen molar-refractivity contribution in [2.24, 2.45) is 0 Å². The molecule has 6 nitrogen and oxygen atoms in total. The number of nitrogens with one attached hydrogen (secondary N) is 1. The fourth-order valence-electron chi connectivity index (χ4n) is 2.38.